The lowest BCUT2D eigenvalue weighted by Crippen LogP contribution is -2.51. The highest BCUT2D eigenvalue weighted by molar-refractivity contribution is 5.96. The van der Waals surface area contributed by atoms with Gasteiger partial charge in [0, 0.05) is 24.1 Å². The number of nitro groups is 1. The second kappa shape index (κ2) is 7.34. The maximum atomic E-state index is 12.0. The molecule has 1 aliphatic rings. The summed E-state index contributed by atoms with van der Waals surface area (Å²) in [6.07, 6.45) is 2.32. The van der Waals surface area contributed by atoms with Crippen LogP contribution in [0.4, 0.5) is 5.69 Å². The van der Waals surface area contributed by atoms with Crippen molar-refractivity contribution >= 4 is 23.4 Å². The highest BCUT2D eigenvalue weighted by Crippen LogP contribution is 2.13. The lowest BCUT2D eigenvalue weighted by molar-refractivity contribution is -0.384. The Hall–Kier alpha value is -2.97. The number of carbonyl (C=O) groups excluding carboxylic acids is 3. The van der Waals surface area contributed by atoms with Crippen molar-refractivity contribution in [1.82, 2.24) is 16.2 Å². The first-order valence-electron chi connectivity index (χ1n) is 7.11. The Kier molecular flexibility index (Phi) is 5.23. The van der Waals surface area contributed by atoms with Crippen LogP contribution in [0.25, 0.3) is 0 Å². The highest BCUT2D eigenvalue weighted by Gasteiger charge is 2.23. The summed E-state index contributed by atoms with van der Waals surface area (Å²) in [5.74, 6) is -1.41. The number of hydrogen-bond donors (Lipinski definition) is 3. The number of benzene rings is 1. The molecule has 0 unspecified atom stereocenters. The third-order valence-corrected chi connectivity index (χ3v) is 3.42. The lowest BCUT2D eigenvalue weighted by atomic mass is 10.1. The minimum atomic E-state index is -0.699. The molecule has 0 bridgehead atoms. The fraction of sp³-hybridized carbons (Fsp3) is 0.357. The number of carbonyl (C=O) groups is 3. The molecule has 9 heteroatoms. The first-order valence-corrected chi connectivity index (χ1v) is 7.11. The van der Waals surface area contributed by atoms with Gasteiger partial charge >= 0.3 is 0 Å². The number of amides is 3. The van der Waals surface area contributed by atoms with Crippen molar-refractivity contribution in [3.05, 3.63) is 39.9 Å². The van der Waals surface area contributed by atoms with Crippen LogP contribution < -0.4 is 16.2 Å². The number of hydrogen-bond acceptors (Lipinski definition) is 5. The van der Waals surface area contributed by atoms with E-state index in [0.29, 0.717) is 12.8 Å². The van der Waals surface area contributed by atoms with E-state index in [4.69, 9.17) is 0 Å². The molecule has 1 fully saturated rings. The fourth-order valence-corrected chi connectivity index (χ4v) is 2.21. The molecule has 9 nitrogen and oxygen atoms in total. The van der Waals surface area contributed by atoms with E-state index in [0.717, 1.165) is 18.9 Å². The van der Waals surface area contributed by atoms with Gasteiger partial charge in [-0.3, -0.25) is 35.3 Å². The lowest BCUT2D eigenvalue weighted by Gasteiger charge is -2.16. The van der Waals surface area contributed by atoms with Gasteiger partial charge in [-0.1, -0.05) is 12.5 Å². The Morgan fingerprint density at radius 2 is 2.04 bits per heavy atom. The maximum Gasteiger partial charge on any atom is 0.270 e. The Balaban J connectivity index is 1.93. The van der Waals surface area contributed by atoms with Crippen molar-refractivity contribution in [3.8, 4) is 0 Å². The number of nitrogens with one attached hydrogen (secondary N) is 3. The maximum absolute atomic E-state index is 12.0. The summed E-state index contributed by atoms with van der Waals surface area (Å²) in [5, 5.41) is 13.3. The predicted molar refractivity (Wildman–Crippen MR) is 79.1 cm³/mol. The van der Waals surface area contributed by atoms with Crippen molar-refractivity contribution in [2.45, 2.75) is 31.7 Å². The molecule has 0 aliphatic carbocycles. The van der Waals surface area contributed by atoms with Crippen molar-refractivity contribution in [3.63, 3.8) is 0 Å². The molecule has 1 aromatic carbocycles. The number of non-ortho nitro benzene ring substituents is 1. The first-order chi connectivity index (χ1) is 11.0. The van der Waals surface area contributed by atoms with Crippen LogP contribution in [0.15, 0.2) is 24.3 Å². The Morgan fingerprint density at radius 1 is 1.26 bits per heavy atom. The summed E-state index contributed by atoms with van der Waals surface area (Å²) in [6, 6.07) is 4.43. The normalized spacial score (nSPS) is 17.6. The molecule has 2 rings (SSSR count). The van der Waals surface area contributed by atoms with Gasteiger partial charge in [-0.25, -0.2) is 0 Å². The SMILES string of the molecule is O=C1CCCC[C@H](C(=O)NNC(=O)c2cccc([N+](=O)[O-])c2)N1. The zero-order valence-corrected chi connectivity index (χ0v) is 12.2. The van der Waals surface area contributed by atoms with Crippen LogP contribution in [0.3, 0.4) is 0 Å². The summed E-state index contributed by atoms with van der Waals surface area (Å²) in [4.78, 5) is 45.3. The minimum absolute atomic E-state index is 0.0457. The first kappa shape index (κ1) is 16.4. The molecule has 1 aromatic rings. The van der Waals surface area contributed by atoms with Crippen LogP contribution in [-0.2, 0) is 9.59 Å². The third-order valence-electron chi connectivity index (χ3n) is 3.42. The summed E-state index contributed by atoms with van der Waals surface area (Å²) < 4.78 is 0. The molecule has 0 aromatic heterocycles. The largest absolute Gasteiger partial charge is 0.344 e. The minimum Gasteiger partial charge on any atom is -0.344 e. The Bertz CT molecular complexity index is 646. The van der Waals surface area contributed by atoms with Crippen LogP contribution in [0, 0.1) is 10.1 Å². The summed E-state index contributed by atoms with van der Waals surface area (Å²) in [6.45, 7) is 0. The van der Waals surface area contributed by atoms with Crippen LogP contribution in [0.5, 0.6) is 0 Å². The van der Waals surface area contributed by atoms with Crippen LogP contribution in [0.1, 0.15) is 36.0 Å². The zero-order chi connectivity index (χ0) is 16.8. The quantitative estimate of drug-likeness (QED) is 0.548. The zero-order valence-electron chi connectivity index (χ0n) is 12.2. The average Bonchev–Trinajstić information content (AvgIpc) is 2.77. The highest BCUT2D eigenvalue weighted by atomic mass is 16.6. The van der Waals surface area contributed by atoms with E-state index in [2.05, 4.69) is 16.2 Å². The standard InChI is InChI=1S/C14H16N4O5/c19-12-7-2-1-6-11(15-12)14(21)17-16-13(20)9-4-3-5-10(8-9)18(22)23/h3-5,8,11H,1-2,6-7H2,(H,15,19)(H,16,20)(H,17,21)/t11-/m1/s1. The molecular weight excluding hydrogens is 304 g/mol. The predicted octanol–water partition coefficient (Wildman–Crippen LogP) is 0.415. The van der Waals surface area contributed by atoms with E-state index in [1.54, 1.807) is 0 Å². The number of nitrogens with zero attached hydrogens (tertiary/aromatic N) is 1. The molecule has 1 aliphatic heterocycles. The van der Waals surface area contributed by atoms with Crippen molar-refractivity contribution in [2.75, 3.05) is 0 Å². The number of nitro benzene ring substituents is 1. The molecule has 0 saturated carbocycles. The molecule has 23 heavy (non-hydrogen) atoms. The van der Waals surface area contributed by atoms with Crippen molar-refractivity contribution in [2.24, 2.45) is 0 Å². The molecule has 1 heterocycles. The van der Waals surface area contributed by atoms with E-state index >= 15 is 0 Å². The van der Waals surface area contributed by atoms with E-state index in [9.17, 15) is 24.5 Å². The Labute approximate surface area is 131 Å². The van der Waals surface area contributed by atoms with Crippen molar-refractivity contribution < 1.29 is 19.3 Å². The molecule has 3 N–H and O–H groups in total. The van der Waals surface area contributed by atoms with Gasteiger partial charge in [0.1, 0.15) is 6.04 Å². The van der Waals surface area contributed by atoms with Gasteiger partial charge in [0.2, 0.25) is 5.91 Å². The monoisotopic (exact) mass is 320 g/mol. The van der Waals surface area contributed by atoms with Gasteiger partial charge in [0.25, 0.3) is 17.5 Å². The number of rotatable bonds is 3. The fourth-order valence-electron chi connectivity index (χ4n) is 2.21. The second-order valence-electron chi connectivity index (χ2n) is 5.12. The molecule has 1 saturated heterocycles. The molecular formula is C14H16N4O5. The van der Waals surface area contributed by atoms with Crippen LogP contribution in [0.2, 0.25) is 0 Å². The van der Waals surface area contributed by atoms with Gasteiger partial charge < -0.3 is 5.32 Å². The average molecular weight is 320 g/mol. The summed E-state index contributed by atoms with van der Waals surface area (Å²) in [7, 11) is 0. The summed E-state index contributed by atoms with van der Waals surface area (Å²) in [5.41, 5.74) is 4.23. The van der Waals surface area contributed by atoms with E-state index in [1.807, 2.05) is 0 Å². The Morgan fingerprint density at radius 3 is 2.78 bits per heavy atom. The van der Waals surface area contributed by atoms with Gasteiger partial charge in [-0.2, -0.15) is 0 Å². The second-order valence-corrected chi connectivity index (χ2v) is 5.12. The third kappa shape index (κ3) is 4.50. The van der Waals surface area contributed by atoms with E-state index < -0.39 is 22.8 Å². The van der Waals surface area contributed by atoms with Crippen LogP contribution in [-0.4, -0.2) is 28.7 Å². The van der Waals surface area contributed by atoms with Gasteiger partial charge in [0.15, 0.2) is 0 Å². The smallest absolute Gasteiger partial charge is 0.270 e. The van der Waals surface area contributed by atoms with Gasteiger partial charge in [-0.05, 0) is 18.9 Å². The van der Waals surface area contributed by atoms with Crippen molar-refractivity contribution in [1.29, 1.82) is 0 Å². The van der Waals surface area contributed by atoms with E-state index in [-0.39, 0.29) is 17.2 Å². The summed E-state index contributed by atoms with van der Waals surface area (Å²) >= 11 is 0. The molecule has 3 amide bonds. The molecule has 0 radical (unpaired) electrons. The van der Waals surface area contributed by atoms with Gasteiger partial charge in [-0.15, -0.1) is 0 Å². The molecule has 0 spiro atoms. The molecule has 1 atom stereocenters. The topological polar surface area (TPSA) is 130 Å². The van der Waals surface area contributed by atoms with E-state index in [1.165, 1.54) is 18.2 Å². The van der Waals surface area contributed by atoms with Gasteiger partial charge in [0.05, 0.1) is 4.92 Å². The molecule has 122 valence electrons. The number of hydrazine groups is 1. The van der Waals surface area contributed by atoms with Crippen LogP contribution >= 0.6 is 0 Å².